The zero-order valence-electron chi connectivity index (χ0n) is 16.7. The summed E-state index contributed by atoms with van der Waals surface area (Å²) in [6, 6.07) is 16.3. The number of nitrogens with one attached hydrogen (secondary N) is 1. The number of ether oxygens (including phenoxy) is 2. The summed E-state index contributed by atoms with van der Waals surface area (Å²) in [6.07, 6.45) is -1.20. The Kier molecular flexibility index (Phi) is 6.55. The van der Waals surface area contributed by atoms with Gasteiger partial charge in [-0.05, 0) is 31.2 Å². The van der Waals surface area contributed by atoms with Crippen LogP contribution < -0.4 is 14.2 Å². The van der Waals surface area contributed by atoms with Crippen LogP contribution in [0.5, 0.6) is 11.5 Å². The fourth-order valence-electron chi connectivity index (χ4n) is 2.99. The van der Waals surface area contributed by atoms with Gasteiger partial charge < -0.3 is 14.6 Å². The first kappa shape index (κ1) is 22.0. The lowest BCUT2D eigenvalue weighted by molar-refractivity contribution is 0.220. The molecule has 0 spiro atoms. The molecule has 0 bridgehead atoms. The summed E-state index contributed by atoms with van der Waals surface area (Å²) < 4.78 is 39.1. The Morgan fingerprint density at radius 1 is 0.933 bits per heavy atom. The number of aryl methyl sites for hydroxylation is 1. The third-order valence-corrected chi connectivity index (χ3v) is 6.35. The minimum Gasteiger partial charge on any atom is -0.493 e. The van der Waals surface area contributed by atoms with Crippen molar-refractivity contribution in [2.24, 2.45) is 0 Å². The van der Waals surface area contributed by atoms with Crippen LogP contribution >= 0.6 is 11.6 Å². The van der Waals surface area contributed by atoms with E-state index in [1.165, 1.54) is 38.5 Å². The van der Waals surface area contributed by atoms with Crippen molar-refractivity contribution in [2.75, 3.05) is 18.9 Å². The van der Waals surface area contributed by atoms with Crippen LogP contribution in [0.1, 0.15) is 22.8 Å². The van der Waals surface area contributed by atoms with Gasteiger partial charge in [0, 0.05) is 22.2 Å². The van der Waals surface area contributed by atoms with Crippen LogP contribution in [0, 0.1) is 6.92 Å². The molecule has 0 amide bonds. The Bertz CT molecular complexity index is 1150. The average Bonchev–Trinajstić information content (AvgIpc) is 2.73. The van der Waals surface area contributed by atoms with Crippen molar-refractivity contribution >= 4 is 27.3 Å². The van der Waals surface area contributed by atoms with Gasteiger partial charge in [0.2, 0.25) is 0 Å². The van der Waals surface area contributed by atoms with Gasteiger partial charge in [-0.25, -0.2) is 8.42 Å². The lowest BCUT2D eigenvalue weighted by Gasteiger charge is -2.21. The van der Waals surface area contributed by atoms with E-state index in [4.69, 9.17) is 21.1 Å². The second kappa shape index (κ2) is 8.95. The van der Waals surface area contributed by atoms with Crippen LogP contribution in [-0.4, -0.2) is 27.7 Å². The van der Waals surface area contributed by atoms with Crippen LogP contribution in [0.4, 0.5) is 5.69 Å². The highest BCUT2D eigenvalue weighted by Gasteiger charge is 2.24. The summed E-state index contributed by atoms with van der Waals surface area (Å²) >= 11 is 6.24. The smallest absolute Gasteiger partial charge is 0.261 e. The first-order valence-corrected chi connectivity index (χ1v) is 10.9. The number of rotatable bonds is 7. The van der Waals surface area contributed by atoms with Crippen LogP contribution in [-0.2, 0) is 10.0 Å². The van der Waals surface area contributed by atoms with E-state index in [9.17, 15) is 13.5 Å². The molecular formula is C22H22ClNO5S. The Hall–Kier alpha value is -2.74. The Morgan fingerprint density at radius 2 is 1.53 bits per heavy atom. The number of hydrogen-bond donors (Lipinski definition) is 2. The van der Waals surface area contributed by atoms with Gasteiger partial charge in [-0.15, -0.1) is 0 Å². The zero-order valence-corrected chi connectivity index (χ0v) is 18.3. The van der Waals surface area contributed by atoms with Crippen molar-refractivity contribution in [2.45, 2.75) is 17.9 Å². The molecule has 158 valence electrons. The molecule has 6 nitrogen and oxygen atoms in total. The van der Waals surface area contributed by atoms with Gasteiger partial charge in [-0.3, -0.25) is 4.72 Å². The number of hydrogen-bond acceptors (Lipinski definition) is 5. The maximum absolute atomic E-state index is 13.0. The van der Waals surface area contributed by atoms with Crippen LogP contribution in [0.3, 0.4) is 0 Å². The molecule has 2 N–H and O–H groups in total. The van der Waals surface area contributed by atoms with E-state index in [-0.39, 0.29) is 16.1 Å². The van der Waals surface area contributed by atoms with E-state index in [1.54, 1.807) is 36.4 Å². The minimum absolute atomic E-state index is 0.0982. The molecule has 3 aromatic carbocycles. The van der Waals surface area contributed by atoms with Crippen molar-refractivity contribution in [1.82, 2.24) is 0 Å². The highest BCUT2D eigenvalue weighted by atomic mass is 35.5. The van der Waals surface area contributed by atoms with Crippen LogP contribution in [0.25, 0.3) is 0 Å². The number of aliphatic hydroxyl groups excluding tert-OH is 1. The summed E-state index contributed by atoms with van der Waals surface area (Å²) in [5.41, 5.74) is 1.80. The van der Waals surface area contributed by atoms with E-state index in [1.807, 2.05) is 6.92 Å². The Morgan fingerprint density at radius 3 is 2.13 bits per heavy atom. The molecule has 0 heterocycles. The predicted octanol–water partition coefficient (Wildman–Crippen LogP) is 4.55. The zero-order chi connectivity index (χ0) is 21.9. The second-order valence-electron chi connectivity index (χ2n) is 6.64. The molecule has 3 aromatic rings. The number of aliphatic hydroxyl groups is 1. The van der Waals surface area contributed by atoms with Gasteiger partial charge in [-0.1, -0.05) is 47.5 Å². The maximum Gasteiger partial charge on any atom is 0.261 e. The normalized spacial score (nSPS) is 12.3. The molecule has 0 saturated carbocycles. The molecular weight excluding hydrogens is 426 g/mol. The standard InChI is InChI=1S/C22H22ClNO5S/c1-14-8-10-15(11-9-14)30(26,27)24-19-13-21(29-3)20(28-2)12-17(19)22(25)16-6-4-5-7-18(16)23/h4-13,22,24-25H,1-3H3/t22-/m1/s1. The third-order valence-electron chi connectivity index (χ3n) is 4.63. The van der Waals surface area contributed by atoms with Crippen LogP contribution in [0.2, 0.25) is 5.02 Å². The highest BCUT2D eigenvalue weighted by molar-refractivity contribution is 7.92. The number of sulfonamides is 1. The van der Waals surface area contributed by atoms with Gasteiger partial charge in [0.05, 0.1) is 24.8 Å². The summed E-state index contributed by atoms with van der Waals surface area (Å²) in [6.45, 7) is 1.87. The monoisotopic (exact) mass is 447 g/mol. The molecule has 0 unspecified atom stereocenters. The van der Waals surface area contributed by atoms with Gasteiger partial charge in [0.25, 0.3) is 10.0 Å². The fraction of sp³-hybridized carbons (Fsp3) is 0.182. The maximum atomic E-state index is 13.0. The fourth-order valence-corrected chi connectivity index (χ4v) is 4.31. The number of benzene rings is 3. The molecule has 30 heavy (non-hydrogen) atoms. The third kappa shape index (κ3) is 4.53. The van der Waals surface area contributed by atoms with Crippen molar-refractivity contribution in [3.63, 3.8) is 0 Å². The molecule has 0 aliphatic heterocycles. The molecule has 1 atom stereocenters. The van der Waals surface area contributed by atoms with E-state index in [0.717, 1.165) is 5.56 Å². The molecule has 8 heteroatoms. The van der Waals surface area contributed by atoms with Gasteiger partial charge in [-0.2, -0.15) is 0 Å². The Balaban J connectivity index is 2.12. The Labute approximate surface area is 181 Å². The van der Waals surface area contributed by atoms with Gasteiger partial charge >= 0.3 is 0 Å². The lowest BCUT2D eigenvalue weighted by Crippen LogP contribution is -2.16. The van der Waals surface area contributed by atoms with E-state index in [0.29, 0.717) is 22.1 Å². The van der Waals surface area contributed by atoms with E-state index in [2.05, 4.69) is 4.72 Å². The quantitative estimate of drug-likeness (QED) is 0.555. The highest BCUT2D eigenvalue weighted by Crippen LogP contribution is 2.40. The summed E-state index contributed by atoms with van der Waals surface area (Å²) in [4.78, 5) is 0.0982. The molecule has 0 fully saturated rings. The summed E-state index contributed by atoms with van der Waals surface area (Å²) in [5, 5.41) is 11.4. The molecule has 0 radical (unpaired) electrons. The van der Waals surface area contributed by atoms with Crippen molar-refractivity contribution in [3.05, 3.63) is 82.4 Å². The van der Waals surface area contributed by atoms with Gasteiger partial charge in [0.1, 0.15) is 6.10 Å². The molecule has 3 rings (SSSR count). The van der Waals surface area contributed by atoms with Crippen molar-refractivity contribution < 1.29 is 23.0 Å². The molecule has 0 aliphatic rings. The molecule has 0 aromatic heterocycles. The second-order valence-corrected chi connectivity index (χ2v) is 8.73. The van der Waals surface area contributed by atoms with Crippen molar-refractivity contribution in [3.8, 4) is 11.5 Å². The molecule has 0 aliphatic carbocycles. The SMILES string of the molecule is COc1cc(NS(=O)(=O)c2ccc(C)cc2)c([C@H](O)c2ccccc2Cl)cc1OC. The lowest BCUT2D eigenvalue weighted by atomic mass is 9.99. The summed E-state index contributed by atoms with van der Waals surface area (Å²) in [5.74, 6) is 0.658. The number of halogens is 1. The number of anilines is 1. The van der Waals surface area contributed by atoms with Crippen LogP contribution in [0.15, 0.2) is 65.6 Å². The van der Waals surface area contributed by atoms with E-state index < -0.39 is 16.1 Å². The van der Waals surface area contributed by atoms with Crippen molar-refractivity contribution in [1.29, 1.82) is 0 Å². The number of methoxy groups -OCH3 is 2. The first-order chi connectivity index (χ1) is 14.3. The topological polar surface area (TPSA) is 84.9 Å². The van der Waals surface area contributed by atoms with Gasteiger partial charge in [0.15, 0.2) is 11.5 Å². The summed E-state index contributed by atoms with van der Waals surface area (Å²) in [7, 11) is -1.01. The predicted molar refractivity (Wildman–Crippen MR) is 117 cm³/mol. The molecule has 0 saturated heterocycles. The minimum atomic E-state index is -3.91. The first-order valence-electron chi connectivity index (χ1n) is 9.04. The largest absolute Gasteiger partial charge is 0.493 e. The van der Waals surface area contributed by atoms with E-state index >= 15 is 0 Å². The average molecular weight is 448 g/mol.